The minimum Gasteiger partial charge on any atom is -0.481 e. The van der Waals surface area contributed by atoms with E-state index in [-0.39, 0.29) is 17.9 Å². The molecule has 1 aromatic rings. The van der Waals surface area contributed by atoms with Gasteiger partial charge in [0, 0.05) is 30.6 Å². The van der Waals surface area contributed by atoms with Gasteiger partial charge < -0.3 is 10.1 Å². The lowest BCUT2D eigenvalue weighted by Crippen LogP contribution is -2.27. The van der Waals surface area contributed by atoms with Crippen molar-refractivity contribution in [2.45, 2.75) is 31.7 Å². The Morgan fingerprint density at radius 2 is 2.38 bits per heavy atom. The Balaban J connectivity index is 2.19. The summed E-state index contributed by atoms with van der Waals surface area (Å²) in [4.78, 5) is 15.5. The topological polar surface area (TPSA) is 51.2 Å². The van der Waals surface area contributed by atoms with Crippen LogP contribution in [-0.2, 0) is 4.79 Å². The second-order valence-electron chi connectivity index (χ2n) is 4.03. The van der Waals surface area contributed by atoms with Crippen LogP contribution in [0.3, 0.4) is 0 Å². The van der Waals surface area contributed by atoms with Gasteiger partial charge in [0.05, 0.1) is 7.11 Å². The molecule has 0 aliphatic carbocycles. The van der Waals surface area contributed by atoms with Crippen molar-refractivity contribution in [3.05, 3.63) is 23.9 Å². The van der Waals surface area contributed by atoms with Crippen molar-refractivity contribution >= 4 is 5.91 Å². The molecule has 0 bridgehead atoms. The second kappa shape index (κ2) is 4.51. The SMILES string of the molecule is CCC1NC(=O)CC1c1ccc(OC)nc1. The average molecular weight is 220 g/mol. The van der Waals surface area contributed by atoms with Gasteiger partial charge in [-0.3, -0.25) is 4.79 Å². The molecular weight excluding hydrogens is 204 g/mol. The van der Waals surface area contributed by atoms with Gasteiger partial charge >= 0.3 is 0 Å². The summed E-state index contributed by atoms with van der Waals surface area (Å²) in [6.07, 6.45) is 3.31. The van der Waals surface area contributed by atoms with Crippen LogP contribution in [0.2, 0.25) is 0 Å². The largest absolute Gasteiger partial charge is 0.481 e. The molecular formula is C12H16N2O2. The highest BCUT2D eigenvalue weighted by molar-refractivity contribution is 5.80. The van der Waals surface area contributed by atoms with E-state index in [2.05, 4.69) is 17.2 Å². The van der Waals surface area contributed by atoms with Gasteiger partial charge in [-0.15, -0.1) is 0 Å². The van der Waals surface area contributed by atoms with Gasteiger partial charge in [-0.1, -0.05) is 13.0 Å². The zero-order valence-corrected chi connectivity index (χ0v) is 9.56. The molecule has 2 heterocycles. The number of hydrogen-bond acceptors (Lipinski definition) is 3. The van der Waals surface area contributed by atoms with Gasteiger partial charge in [0.15, 0.2) is 0 Å². The molecule has 0 radical (unpaired) electrons. The minimum atomic E-state index is 0.132. The highest BCUT2D eigenvalue weighted by Crippen LogP contribution is 2.30. The van der Waals surface area contributed by atoms with Crippen LogP contribution < -0.4 is 10.1 Å². The van der Waals surface area contributed by atoms with Gasteiger partial charge in [0.1, 0.15) is 0 Å². The smallest absolute Gasteiger partial charge is 0.220 e. The molecule has 1 aliphatic heterocycles. The van der Waals surface area contributed by atoms with Crippen LogP contribution in [0.15, 0.2) is 18.3 Å². The molecule has 2 rings (SSSR count). The Hall–Kier alpha value is -1.58. The standard InChI is InChI=1S/C12H16N2O2/c1-3-10-9(6-11(15)14-10)8-4-5-12(16-2)13-7-8/h4-5,7,9-10H,3,6H2,1-2H3,(H,14,15). The van der Waals surface area contributed by atoms with Crippen LogP contribution in [-0.4, -0.2) is 24.0 Å². The van der Waals surface area contributed by atoms with Crippen molar-refractivity contribution in [2.24, 2.45) is 0 Å². The zero-order valence-electron chi connectivity index (χ0n) is 9.56. The number of methoxy groups -OCH3 is 1. The van der Waals surface area contributed by atoms with E-state index >= 15 is 0 Å². The maximum absolute atomic E-state index is 11.4. The Morgan fingerprint density at radius 3 is 2.94 bits per heavy atom. The molecule has 86 valence electrons. The van der Waals surface area contributed by atoms with Crippen molar-refractivity contribution in [2.75, 3.05) is 7.11 Å². The number of amides is 1. The Kier molecular flexibility index (Phi) is 3.08. The lowest BCUT2D eigenvalue weighted by molar-refractivity contribution is -0.119. The normalized spacial score (nSPS) is 24.2. The fourth-order valence-electron chi connectivity index (χ4n) is 2.18. The maximum Gasteiger partial charge on any atom is 0.220 e. The van der Waals surface area contributed by atoms with Crippen LogP contribution in [0.5, 0.6) is 5.88 Å². The van der Waals surface area contributed by atoms with Gasteiger partial charge in [-0.05, 0) is 12.0 Å². The number of aromatic nitrogens is 1. The molecule has 16 heavy (non-hydrogen) atoms. The molecule has 1 saturated heterocycles. The molecule has 1 aliphatic rings. The van der Waals surface area contributed by atoms with E-state index in [9.17, 15) is 4.79 Å². The minimum absolute atomic E-state index is 0.132. The summed E-state index contributed by atoms with van der Waals surface area (Å²) in [6.45, 7) is 2.08. The summed E-state index contributed by atoms with van der Waals surface area (Å²) in [7, 11) is 1.59. The Bertz CT molecular complexity index is 375. The third-order valence-electron chi connectivity index (χ3n) is 3.07. The van der Waals surface area contributed by atoms with E-state index in [1.165, 1.54) is 0 Å². The van der Waals surface area contributed by atoms with Crippen molar-refractivity contribution in [3.63, 3.8) is 0 Å². The maximum atomic E-state index is 11.4. The molecule has 2 unspecified atom stereocenters. The second-order valence-corrected chi connectivity index (χ2v) is 4.03. The highest BCUT2D eigenvalue weighted by Gasteiger charge is 2.32. The fourth-order valence-corrected chi connectivity index (χ4v) is 2.18. The fraction of sp³-hybridized carbons (Fsp3) is 0.500. The number of ether oxygens (including phenoxy) is 1. The summed E-state index contributed by atoms with van der Waals surface area (Å²) in [5.74, 6) is 0.984. The summed E-state index contributed by atoms with van der Waals surface area (Å²) in [5.41, 5.74) is 1.10. The Morgan fingerprint density at radius 1 is 1.56 bits per heavy atom. The molecule has 1 N–H and O–H groups in total. The number of nitrogens with zero attached hydrogens (tertiary/aromatic N) is 1. The van der Waals surface area contributed by atoms with Crippen LogP contribution in [0.4, 0.5) is 0 Å². The van der Waals surface area contributed by atoms with E-state index < -0.39 is 0 Å². The van der Waals surface area contributed by atoms with Crippen LogP contribution in [0, 0.1) is 0 Å². The van der Waals surface area contributed by atoms with Crippen LogP contribution in [0.1, 0.15) is 31.2 Å². The van der Waals surface area contributed by atoms with Crippen LogP contribution >= 0.6 is 0 Å². The monoisotopic (exact) mass is 220 g/mol. The van der Waals surface area contributed by atoms with E-state index in [1.54, 1.807) is 13.3 Å². The zero-order chi connectivity index (χ0) is 11.5. The third kappa shape index (κ3) is 2.01. The van der Waals surface area contributed by atoms with Crippen molar-refractivity contribution < 1.29 is 9.53 Å². The Labute approximate surface area is 95.0 Å². The summed E-state index contributed by atoms with van der Waals surface area (Å²) in [5, 5.41) is 2.98. The molecule has 0 saturated carbocycles. The number of carbonyl (C=O) groups is 1. The first-order valence-electron chi connectivity index (χ1n) is 5.54. The lowest BCUT2D eigenvalue weighted by atomic mass is 9.92. The van der Waals surface area contributed by atoms with E-state index in [1.807, 2.05) is 12.1 Å². The molecule has 0 spiro atoms. The van der Waals surface area contributed by atoms with E-state index in [0.717, 1.165) is 12.0 Å². The number of nitrogens with one attached hydrogen (secondary N) is 1. The van der Waals surface area contributed by atoms with Crippen molar-refractivity contribution in [1.82, 2.24) is 10.3 Å². The quantitative estimate of drug-likeness (QED) is 0.839. The molecule has 2 atom stereocenters. The highest BCUT2D eigenvalue weighted by atomic mass is 16.5. The molecule has 4 heteroatoms. The first-order valence-corrected chi connectivity index (χ1v) is 5.54. The lowest BCUT2D eigenvalue weighted by Gasteiger charge is -2.16. The molecule has 1 amide bonds. The third-order valence-corrected chi connectivity index (χ3v) is 3.07. The number of pyridine rings is 1. The van der Waals surface area contributed by atoms with E-state index in [0.29, 0.717) is 12.3 Å². The average Bonchev–Trinajstić information content (AvgIpc) is 2.70. The number of rotatable bonds is 3. The molecule has 1 fully saturated rings. The number of hydrogen-bond donors (Lipinski definition) is 1. The first kappa shape index (κ1) is 10.9. The van der Waals surface area contributed by atoms with Crippen molar-refractivity contribution in [3.8, 4) is 5.88 Å². The molecule has 0 aromatic carbocycles. The van der Waals surface area contributed by atoms with Gasteiger partial charge in [0.25, 0.3) is 0 Å². The predicted octanol–water partition coefficient (Wildman–Crippen LogP) is 1.47. The first-order chi connectivity index (χ1) is 7.74. The van der Waals surface area contributed by atoms with Crippen LogP contribution in [0.25, 0.3) is 0 Å². The van der Waals surface area contributed by atoms with Gasteiger partial charge in [0.2, 0.25) is 11.8 Å². The van der Waals surface area contributed by atoms with E-state index in [4.69, 9.17) is 4.74 Å². The summed E-state index contributed by atoms with van der Waals surface area (Å²) < 4.78 is 5.01. The van der Waals surface area contributed by atoms with Gasteiger partial charge in [-0.2, -0.15) is 0 Å². The predicted molar refractivity (Wildman–Crippen MR) is 60.4 cm³/mol. The molecule has 4 nitrogen and oxygen atoms in total. The molecule has 1 aromatic heterocycles. The van der Waals surface area contributed by atoms with Gasteiger partial charge in [-0.25, -0.2) is 4.98 Å². The number of carbonyl (C=O) groups excluding carboxylic acids is 1. The summed E-state index contributed by atoms with van der Waals surface area (Å²) >= 11 is 0. The van der Waals surface area contributed by atoms with Crippen molar-refractivity contribution in [1.29, 1.82) is 0 Å². The summed E-state index contributed by atoms with van der Waals surface area (Å²) in [6, 6.07) is 4.06.